The van der Waals surface area contributed by atoms with Crippen LogP contribution in [0.5, 0.6) is 0 Å². The Morgan fingerprint density at radius 1 is 1.10 bits per heavy atom. The van der Waals surface area contributed by atoms with E-state index in [4.69, 9.17) is 0 Å². The van der Waals surface area contributed by atoms with E-state index in [9.17, 15) is 0 Å². The molecule has 2 aromatic heterocycles. The van der Waals surface area contributed by atoms with Crippen LogP contribution in [0, 0.1) is 0 Å². The lowest BCUT2D eigenvalue weighted by Gasteiger charge is -2.41. The number of likely N-dealkylation sites (N-methyl/N-ethyl adjacent to an activating group) is 1. The van der Waals surface area contributed by atoms with Crippen LogP contribution in [0.2, 0.25) is 0 Å². The summed E-state index contributed by atoms with van der Waals surface area (Å²) in [5, 5.41) is 0. The molecule has 3 heterocycles. The highest BCUT2D eigenvalue weighted by molar-refractivity contribution is 5.83. The number of hydrogen-bond acceptors (Lipinski definition) is 5. The highest BCUT2D eigenvalue weighted by Gasteiger charge is 2.28. The van der Waals surface area contributed by atoms with Gasteiger partial charge in [-0.1, -0.05) is 13.8 Å². The van der Waals surface area contributed by atoms with Gasteiger partial charge >= 0.3 is 0 Å². The van der Waals surface area contributed by atoms with Gasteiger partial charge in [-0.25, -0.2) is 15.0 Å². The molecule has 2 aromatic rings. The van der Waals surface area contributed by atoms with Gasteiger partial charge in [0.15, 0.2) is 17.0 Å². The summed E-state index contributed by atoms with van der Waals surface area (Å²) in [5.41, 5.74) is 1.87. The molecule has 6 nitrogen and oxygen atoms in total. The molecule has 3 rings (SSSR count). The molecule has 0 radical (unpaired) electrons. The minimum atomic E-state index is 0.503. The van der Waals surface area contributed by atoms with Crippen molar-refractivity contribution >= 4 is 17.0 Å². The molecule has 1 saturated heterocycles. The Morgan fingerprint density at radius 3 is 2.67 bits per heavy atom. The normalized spacial score (nSPS) is 20.3. The van der Waals surface area contributed by atoms with Crippen LogP contribution >= 0.6 is 0 Å². The van der Waals surface area contributed by atoms with Crippen LogP contribution in [0.1, 0.15) is 27.2 Å². The van der Waals surface area contributed by atoms with Gasteiger partial charge in [-0.3, -0.25) is 4.90 Å². The van der Waals surface area contributed by atoms with E-state index in [-0.39, 0.29) is 0 Å². The molecule has 1 atom stereocenters. The number of aromatic nitrogens is 4. The fourth-order valence-electron chi connectivity index (χ4n) is 3.15. The van der Waals surface area contributed by atoms with Crippen molar-refractivity contribution in [2.75, 3.05) is 31.1 Å². The number of piperazine rings is 1. The third kappa shape index (κ3) is 2.48. The minimum absolute atomic E-state index is 0.503. The average molecular weight is 288 g/mol. The van der Waals surface area contributed by atoms with Gasteiger partial charge in [0.05, 0.1) is 6.33 Å². The highest BCUT2D eigenvalue weighted by Crippen LogP contribution is 2.26. The van der Waals surface area contributed by atoms with E-state index >= 15 is 0 Å². The van der Waals surface area contributed by atoms with Crippen molar-refractivity contribution in [3.8, 4) is 0 Å². The number of anilines is 1. The van der Waals surface area contributed by atoms with E-state index in [1.807, 2.05) is 6.33 Å². The molecule has 1 aliphatic rings. The van der Waals surface area contributed by atoms with Crippen molar-refractivity contribution in [2.24, 2.45) is 0 Å². The van der Waals surface area contributed by atoms with Crippen LogP contribution in [0.15, 0.2) is 12.7 Å². The van der Waals surface area contributed by atoms with E-state index in [2.05, 4.69) is 50.1 Å². The number of hydrogen-bond donors (Lipinski definition) is 0. The SMILES string of the molecule is CC[C@H]1CN(CC)CCN1c1ncnc2c1ncn2CC. The van der Waals surface area contributed by atoms with Crippen molar-refractivity contribution in [3.63, 3.8) is 0 Å². The van der Waals surface area contributed by atoms with Crippen molar-refractivity contribution < 1.29 is 0 Å². The Morgan fingerprint density at radius 2 is 1.95 bits per heavy atom. The molecule has 0 N–H and O–H groups in total. The minimum Gasteiger partial charge on any atom is -0.349 e. The van der Waals surface area contributed by atoms with Gasteiger partial charge in [0.25, 0.3) is 0 Å². The fraction of sp³-hybridized carbons (Fsp3) is 0.667. The summed E-state index contributed by atoms with van der Waals surface area (Å²) in [6.07, 6.45) is 4.66. The van der Waals surface area contributed by atoms with E-state index < -0.39 is 0 Å². The second-order valence-corrected chi connectivity index (χ2v) is 5.55. The van der Waals surface area contributed by atoms with Gasteiger partial charge in [-0.2, -0.15) is 0 Å². The maximum Gasteiger partial charge on any atom is 0.165 e. The zero-order chi connectivity index (χ0) is 14.8. The van der Waals surface area contributed by atoms with Crippen LogP contribution < -0.4 is 4.90 Å². The first-order chi connectivity index (χ1) is 10.3. The summed E-state index contributed by atoms with van der Waals surface area (Å²) >= 11 is 0. The molecule has 0 aromatic carbocycles. The lowest BCUT2D eigenvalue weighted by Crippen LogP contribution is -2.53. The molecule has 21 heavy (non-hydrogen) atoms. The standard InChI is InChI=1S/C15H24N6/c1-4-12-9-19(5-2)7-8-21(12)15-13-14(16-10-17-15)20(6-3)11-18-13/h10-12H,4-9H2,1-3H3/t12-/m0/s1. The van der Waals surface area contributed by atoms with Crippen molar-refractivity contribution in [3.05, 3.63) is 12.7 Å². The smallest absolute Gasteiger partial charge is 0.165 e. The molecule has 0 saturated carbocycles. The Labute approximate surface area is 125 Å². The van der Waals surface area contributed by atoms with Crippen molar-refractivity contribution in [1.82, 2.24) is 24.4 Å². The van der Waals surface area contributed by atoms with Crippen LogP contribution in [0.3, 0.4) is 0 Å². The molecule has 1 aliphatic heterocycles. The third-order valence-electron chi connectivity index (χ3n) is 4.48. The highest BCUT2D eigenvalue weighted by atomic mass is 15.3. The predicted octanol–water partition coefficient (Wildman–Crippen LogP) is 1.77. The number of nitrogens with zero attached hydrogens (tertiary/aromatic N) is 6. The molecule has 0 amide bonds. The molecule has 114 valence electrons. The number of fused-ring (bicyclic) bond motifs is 1. The lowest BCUT2D eigenvalue weighted by molar-refractivity contribution is 0.229. The number of aryl methyl sites for hydroxylation is 1. The van der Waals surface area contributed by atoms with Gasteiger partial charge in [0.1, 0.15) is 6.33 Å². The maximum absolute atomic E-state index is 4.56. The Bertz CT molecular complexity index is 607. The first kappa shape index (κ1) is 14.3. The molecule has 0 bridgehead atoms. The summed E-state index contributed by atoms with van der Waals surface area (Å²) in [6.45, 7) is 11.8. The van der Waals surface area contributed by atoms with Crippen molar-refractivity contribution in [2.45, 2.75) is 39.8 Å². The van der Waals surface area contributed by atoms with E-state index in [0.29, 0.717) is 6.04 Å². The second kappa shape index (κ2) is 5.97. The lowest BCUT2D eigenvalue weighted by atomic mass is 10.1. The third-order valence-corrected chi connectivity index (χ3v) is 4.48. The Kier molecular flexibility index (Phi) is 4.05. The van der Waals surface area contributed by atoms with Crippen LogP contribution in [-0.4, -0.2) is 56.6 Å². The topological polar surface area (TPSA) is 50.1 Å². The summed E-state index contributed by atoms with van der Waals surface area (Å²) in [7, 11) is 0. The first-order valence-corrected chi connectivity index (χ1v) is 7.93. The Balaban J connectivity index is 1.97. The second-order valence-electron chi connectivity index (χ2n) is 5.55. The van der Waals surface area contributed by atoms with Crippen molar-refractivity contribution in [1.29, 1.82) is 0 Å². The van der Waals surface area contributed by atoms with Gasteiger partial charge in [-0.15, -0.1) is 0 Å². The summed E-state index contributed by atoms with van der Waals surface area (Å²) in [5.74, 6) is 0.995. The molecular formula is C15H24N6. The van der Waals surface area contributed by atoms with Gasteiger partial charge in [-0.05, 0) is 19.9 Å². The molecule has 0 aliphatic carbocycles. The molecule has 0 spiro atoms. The predicted molar refractivity (Wildman–Crippen MR) is 84.5 cm³/mol. The molecular weight excluding hydrogens is 264 g/mol. The van der Waals surface area contributed by atoms with Gasteiger partial charge < -0.3 is 9.47 Å². The first-order valence-electron chi connectivity index (χ1n) is 7.93. The Hall–Kier alpha value is -1.69. The molecule has 1 fully saturated rings. The van der Waals surface area contributed by atoms with Crippen LogP contribution in [0.25, 0.3) is 11.2 Å². The van der Waals surface area contributed by atoms with E-state index in [1.165, 1.54) is 0 Å². The molecule has 6 heteroatoms. The molecule has 0 unspecified atom stereocenters. The number of rotatable bonds is 4. The summed E-state index contributed by atoms with van der Waals surface area (Å²) in [4.78, 5) is 18.4. The van der Waals surface area contributed by atoms with Crippen LogP contribution in [-0.2, 0) is 6.54 Å². The zero-order valence-electron chi connectivity index (χ0n) is 13.2. The number of imidazole rings is 1. The van der Waals surface area contributed by atoms with E-state index in [0.717, 1.165) is 56.1 Å². The van der Waals surface area contributed by atoms with Gasteiger partial charge in [0.2, 0.25) is 0 Å². The van der Waals surface area contributed by atoms with Crippen LogP contribution in [0.4, 0.5) is 5.82 Å². The van der Waals surface area contributed by atoms with Gasteiger partial charge in [0, 0.05) is 32.2 Å². The summed E-state index contributed by atoms with van der Waals surface area (Å²) < 4.78 is 2.07. The maximum atomic E-state index is 4.56. The fourth-order valence-corrected chi connectivity index (χ4v) is 3.15. The quantitative estimate of drug-likeness (QED) is 0.858. The zero-order valence-corrected chi connectivity index (χ0v) is 13.2. The summed E-state index contributed by atoms with van der Waals surface area (Å²) in [6, 6.07) is 0.503. The monoisotopic (exact) mass is 288 g/mol. The van der Waals surface area contributed by atoms with E-state index in [1.54, 1.807) is 6.33 Å². The average Bonchev–Trinajstić information content (AvgIpc) is 2.97. The largest absolute Gasteiger partial charge is 0.349 e.